The van der Waals surface area contributed by atoms with Crippen molar-refractivity contribution in [3.05, 3.63) is 58.6 Å². The number of rotatable bonds is 3. The fourth-order valence-corrected chi connectivity index (χ4v) is 5.56. The van der Waals surface area contributed by atoms with Crippen molar-refractivity contribution >= 4 is 40.7 Å². The predicted molar refractivity (Wildman–Crippen MR) is 111 cm³/mol. The molecule has 4 atom stereocenters. The molecule has 2 bridgehead atoms. The van der Waals surface area contributed by atoms with E-state index in [1.807, 2.05) is 6.92 Å². The standard InChI is InChI=1S/C23H21ClN2O3/c1-12-17(24)6-3-7-18(12)25-21(27)15-4-2-5-16(11-15)26-22(28)19-13-8-9-14(10-13)20(19)23(26)29/h2-7,11,13-14,19-20H,8-10H2,1H3,(H,25,27)/t13-,14+,19+,20-. The molecule has 5 nitrogen and oxygen atoms in total. The number of carbonyl (C=O) groups is 3. The summed E-state index contributed by atoms with van der Waals surface area (Å²) in [5, 5.41) is 3.43. The topological polar surface area (TPSA) is 66.5 Å². The lowest BCUT2D eigenvalue weighted by atomic mass is 9.81. The van der Waals surface area contributed by atoms with Gasteiger partial charge in [-0.1, -0.05) is 23.7 Å². The first-order valence-corrected chi connectivity index (χ1v) is 10.4. The number of hydrogen-bond acceptors (Lipinski definition) is 3. The maximum atomic E-state index is 13.0. The van der Waals surface area contributed by atoms with Crippen molar-refractivity contribution in [3.8, 4) is 0 Å². The third-order valence-corrected chi connectivity index (χ3v) is 7.22. The summed E-state index contributed by atoms with van der Waals surface area (Å²) in [6.07, 6.45) is 3.09. The minimum atomic E-state index is -0.309. The van der Waals surface area contributed by atoms with E-state index in [0.717, 1.165) is 24.8 Å². The number of hydrogen-bond donors (Lipinski definition) is 1. The molecule has 1 saturated heterocycles. The van der Waals surface area contributed by atoms with E-state index in [1.54, 1.807) is 42.5 Å². The lowest BCUT2D eigenvalue weighted by Crippen LogP contribution is -2.33. The van der Waals surface area contributed by atoms with Crippen molar-refractivity contribution in [2.75, 3.05) is 10.2 Å². The summed E-state index contributed by atoms with van der Waals surface area (Å²) in [6.45, 7) is 1.84. The first-order valence-electron chi connectivity index (χ1n) is 10.00. The van der Waals surface area contributed by atoms with Gasteiger partial charge < -0.3 is 5.32 Å². The maximum absolute atomic E-state index is 13.0. The molecule has 2 saturated carbocycles. The molecule has 3 fully saturated rings. The summed E-state index contributed by atoms with van der Waals surface area (Å²) >= 11 is 6.13. The van der Waals surface area contributed by atoms with Crippen molar-refractivity contribution in [1.29, 1.82) is 0 Å². The van der Waals surface area contributed by atoms with Crippen LogP contribution >= 0.6 is 11.6 Å². The monoisotopic (exact) mass is 408 g/mol. The van der Waals surface area contributed by atoms with Crippen LogP contribution in [0.3, 0.4) is 0 Å². The van der Waals surface area contributed by atoms with Crippen LogP contribution in [0.2, 0.25) is 5.02 Å². The first kappa shape index (κ1) is 18.4. The molecule has 3 amide bonds. The zero-order valence-corrected chi connectivity index (χ0v) is 16.8. The second kappa shape index (κ2) is 6.70. The zero-order valence-electron chi connectivity index (χ0n) is 16.0. The Bertz CT molecular complexity index is 1020. The van der Waals surface area contributed by atoms with Crippen LogP contribution in [0.15, 0.2) is 42.5 Å². The Hall–Kier alpha value is -2.66. The average Bonchev–Trinajstić information content (AvgIpc) is 3.39. The molecule has 2 aromatic rings. The van der Waals surface area contributed by atoms with Crippen LogP contribution < -0.4 is 10.2 Å². The van der Waals surface area contributed by atoms with Gasteiger partial charge >= 0.3 is 0 Å². The van der Waals surface area contributed by atoms with Gasteiger partial charge in [0.1, 0.15) is 0 Å². The molecule has 0 aromatic heterocycles. The number of carbonyl (C=O) groups excluding carboxylic acids is 3. The van der Waals surface area contributed by atoms with Gasteiger partial charge in [0, 0.05) is 16.3 Å². The van der Waals surface area contributed by atoms with Gasteiger partial charge in [0.25, 0.3) is 5.91 Å². The number of imide groups is 1. The lowest BCUT2D eigenvalue weighted by molar-refractivity contribution is -0.123. The minimum Gasteiger partial charge on any atom is -0.322 e. The van der Waals surface area contributed by atoms with E-state index in [0.29, 0.717) is 33.8 Å². The van der Waals surface area contributed by atoms with E-state index in [-0.39, 0.29) is 29.6 Å². The van der Waals surface area contributed by atoms with Crippen molar-refractivity contribution in [1.82, 2.24) is 0 Å². The number of amides is 3. The quantitative estimate of drug-likeness (QED) is 0.763. The molecule has 0 spiro atoms. The molecule has 29 heavy (non-hydrogen) atoms. The largest absolute Gasteiger partial charge is 0.322 e. The van der Waals surface area contributed by atoms with Crippen molar-refractivity contribution in [2.24, 2.45) is 23.7 Å². The lowest BCUT2D eigenvalue weighted by Gasteiger charge is -2.19. The van der Waals surface area contributed by atoms with Gasteiger partial charge in [0.15, 0.2) is 0 Å². The smallest absolute Gasteiger partial charge is 0.255 e. The number of benzene rings is 2. The minimum absolute atomic E-state index is 0.101. The highest BCUT2D eigenvalue weighted by atomic mass is 35.5. The third-order valence-electron chi connectivity index (χ3n) is 6.81. The summed E-state index contributed by atoms with van der Waals surface area (Å²) in [7, 11) is 0. The van der Waals surface area contributed by atoms with Gasteiger partial charge in [-0.3, -0.25) is 19.3 Å². The Morgan fingerprint density at radius 3 is 2.38 bits per heavy atom. The SMILES string of the molecule is Cc1c(Cl)cccc1NC(=O)c1cccc(N2C(=O)[C@@H]3[C@H]4CC[C@H](C4)[C@@H]3C2=O)c1. The van der Waals surface area contributed by atoms with E-state index in [2.05, 4.69) is 5.32 Å². The van der Waals surface area contributed by atoms with Crippen molar-refractivity contribution < 1.29 is 14.4 Å². The van der Waals surface area contributed by atoms with E-state index >= 15 is 0 Å². The van der Waals surface area contributed by atoms with Crippen LogP contribution in [0.4, 0.5) is 11.4 Å². The molecule has 1 heterocycles. The Balaban J connectivity index is 1.42. The van der Waals surface area contributed by atoms with Gasteiger partial charge in [0.05, 0.1) is 17.5 Å². The fourth-order valence-electron chi connectivity index (χ4n) is 5.39. The summed E-state index contributed by atoms with van der Waals surface area (Å²) in [5.74, 6) is -0.185. The molecule has 2 aliphatic carbocycles. The predicted octanol–water partition coefficient (Wildman–Crippen LogP) is 4.44. The fraction of sp³-hybridized carbons (Fsp3) is 0.348. The van der Waals surface area contributed by atoms with Gasteiger partial charge in [-0.25, -0.2) is 0 Å². The van der Waals surface area contributed by atoms with Crippen LogP contribution in [0, 0.1) is 30.6 Å². The Morgan fingerprint density at radius 1 is 1.03 bits per heavy atom. The van der Waals surface area contributed by atoms with E-state index in [4.69, 9.17) is 11.6 Å². The molecule has 148 valence electrons. The van der Waals surface area contributed by atoms with Gasteiger partial charge in [-0.15, -0.1) is 0 Å². The Labute approximate surface area is 174 Å². The van der Waals surface area contributed by atoms with Crippen LogP contribution in [-0.2, 0) is 9.59 Å². The van der Waals surface area contributed by atoms with E-state index < -0.39 is 0 Å². The molecule has 5 rings (SSSR count). The Kier molecular flexibility index (Phi) is 4.24. The molecular weight excluding hydrogens is 388 g/mol. The van der Waals surface area contributed by atoms with Crippen molar-refractivity contribution in [2.45, 2.75) is 26.2 Å². The van der Waals surface area contributed by atoms with E-state index in [9.17, 15) is 14.4 Å². The summed E-state index contributed by atoms with van der Waals surface area (Å²) in [4.78, 5) is 40.1. The summed E-state index contributed by atoms with van der Waals surface area (Å²) < 4.78 is 0. The summed E-state index contributed by atoms with van der Waals surface area (Å²) in [5.41, 5.74) is 2.28. The average molecular weight is 409 g/mol. The van der Waals surface area contributed by atoms with Crippen LogP contribution in [0.25, 0.3) is 0 Å². The third kappa shape index (κ3) is 2.79. The maximum Gasteiger partial charge on any atom is 0.255 e. The molecule has 6 heteroatoms. The molecular formula is C23H21ClN2O3. The molecule has 2 aromatic carbocycles. The molecule has 0 radical (unpaired) electrons. The number of nitrogens with zero attached hydrogens (tertiary/aromatic N) is 1. The number of nitrogens with one attached hydrogen (secondary N) is 1. The number of anilines is 2. The van der Waals surface area contributed by atoms with Crippen LogP contribution in [0.5, 0.6) is 0 Å². The number of fused-ring (bicyclic) bond motifs is 5. The highest BCUT2D eigenvalue weighted by Gasteiger charge is 2.61. The highest BCUT2D eigenvalue weighted by molar-refractivity contribution is 6.31. The second-order valence-corrected chi connectivity index (χ2v) is 8.72. The molecule has 0 unspecified atom stereocenters. The normalized spacial score (nSPS) is 27.4. The first-order chi connectivity index (χ1) is 14.0. The number of halogens is 1. The zero-order chi connectivity index (χ0) is 20.3. The van der Waals surface area contributed by atoms with Crippen molar-refractivity contribution in [3.63, 3.8) is 0 Å². The van der Waals surface area contributed by atoms with Crippen LogP contribution in [-0.4, -0.2) is 17.7 Å². The van der Waals surface area contributed by atoms with E-state index in [1.165, 1.54) is 4.90 Å². The highest BCUT2D eigenvalue weighted by Crippen LogP contribution is 2.56. The molecule has 3 aliphatic rings. The van der Waals surface area contributed by atoms with Gasteiger partial charge in [-0.05, 0) is 73.9 Å². The summed E-state index contributed by atoms with van der Waals surface area (Å²) in [6, 6.07) is 12.0. The molecule has 1 N–H and O–H groups in total. The molecule has 1 aliphatic heterocycles. The van der Waals surface area contributed by atoms with Gasteiger partial charge in [0.2, 0.25) is 11.8 Å². The van der Waals surface area contributed by atoms with Gasteiger partial charge in [-0.2, -0.15) is 0 Å². The second-order valence-electron chi connectivity index (χ2n) is 8.31. The Morgan fingerprint density at radius 2 is 1.69 bits per heavy atom. The van der Waals surface area contributed by atoms with Crippen LogP contribution in [0.1, 0.15) is 35.2 Å².